The summed E-state index contributed by atoms with van der Waals surface area (Å²) >= 11 is 0. The van der Waals surface area contributed by atoms with Crippen LogP contribution in [-0.2, 0) is 17.8 Å². The Labute approximate surface area is 213 Å². The van der Waals surface area contributed by atoms with Gasteiger partial charge in [0, 0.05) is 49.9 Å². The van der Waals surface area contributed by atoms with E-state index >= 15 is 0 Å². The van der Waals surface area contributed by atoms with Crippen molar-refractivity contribution in [1.82, 2.24) is 30.0 Å². The number of aromatic nitrogens is 4. The van der Waals surface area contributed by atoms with E-state index in [1.807, 2.05) is 23.0 Å². The van der Waals surface area contributed by atoms with Crippen molar-refractivity contribution in [3.63, 3.8) is 0 Å². The smallest absolute Gasteiger partial charge is 0.273 e. The van der Waals surface area contributed by atoms with Gasteiger partial charge in [-0.3, -0.25) is 14.3 Å². The molecule has 3 aromatic heterocycles. The zero-order chi connectivity index (χ0) is 26.2. The molecule has 37 heavy (non-hydrogen) atoms. The maximum Gasteiger partial charge on any atom is 0.273 e. The van der Waals surface area contributed by atoms with Crippen LogP contribution in [0.5, 0.6) is 0 Å². The van der Waals surface area contributed by atoms with Crippen molar-refractivity contribution in [2.45, 2.75) is 58.0 Å². The number of piperidine rings is 1. The molecule has 2 N–H and O–H groups in total. The number of pyridine rings is 2. The first-order valence-corrected chi connectivity index (χ1v) is 12.4. The molecule has 0 spiro atoms. The number of fused-ring (bicyclic) bond motifs is 1. The third-order valence-electron chi connectivity index (χ3n) is 6.89. The van der Waals surface area contributed by atoms with Gasteiger partial charge in [0.2, 0.25) is 5.91 Å². The average Bonchev–Trinajstić information content (AvgIpc) is 3.48. The van der Waals surface area contributed by atoms with Crippen LogP contribution in [0, 0.1) is 6.92 Å². The molecular weight excluding hydrogens is 480 g/mol. The molecule has 2 amide bonds. The predicted molar refractivity (Wildman–Crippen MR) is 134 cm³/mol. The Hall–Kier alpha value is -3.89. The quantitative estimate of drug-likeness (QED) is 0.525. The number of aryl methyl sites for hydroxylation is 2. The zero-order valence-electron chi connectivity index (χ0n) is 20.8. The fraction of sp³-hybridized carbons (Fsp3) is 0.423. The summed E-state index contributed by atoms with van der Waals surface area (Å²) in [6.45, 7) is 3.39. The van der Waals surface area contributed by atoms with Crippen LogP contribution >= 0.6 is 0 Å². The van der Waals surface area contributed by atoms with E-state index in [4.69, 9.17) is 0 Å². The molecule has 9 nitrogen and oxygen atoms in total. The summed E-state index contributed by atoms with van der Waals surface area (Å²) in [6.07, 6.45) is 5.36. The minimum Gasteiger partial charge on any atom is -0.354 e. The Morgan fingerprint density at radius 3 is 2.86 bits per heavy atom. The van der Waals surface area contributed by atoms with Gasteiger partial charge in [0.15, 0.2) is 0 Å². The third kappa shape index (κ3) is 5.30. The molecule has 194 valence electrons. The van der Waals surface area contributed by atoms with E-state index < -0.39 is 24.4 Å². The van der Waals surface area contributed by atoms with E-state index in [0.29, 0.717) is 17.2 Å². The Balaban J connectivity index is 1.38. The number of likely N-dealkylation sites (tertiary alicyclic amines) is 1. The molecule has 1 atom stereocenters. The van der Waals surface area contributed by atoms with Gasteiger partial charge in [-0.2, -0.15) is 5.10 Å². The molecule has 0 bridgehead atoms. The highest BCUT2D eigenvalue weighted by Gasteiger charge is 2.42. The fourth-order valence-electron chi connectivity index (χ4n) is 4.96. The topological polar surface area (TPSA) is 105 Å². The summed E-state index contributed by atoms with van der Waals surface area (Å²) in [5, 5.41) is 10.2. The van der Waals surface area contributed by atoms with E-state index in [2.05, 4.69) is 25.7 Å². The Morgan fingerprint density at radius 1 is 1.22 bits per heavy atom. The second-order valence-corrected chi connectivity index (χ2v) is 9.67. The lowest BCUT2D eigenvalue weighted by Gasteiger charge is -2.39. The van der Waals surface area contributed by atoms with Crippen molar-refractivity contribution in [2.75, 3.05) is 18.4 Å². The van der Waals surface area contributed by atoms with Crippen LogP contribution in [0.1, 0.15) is 47.9 Å². The van der Waals surface area contributed by atoms with Gasteiger partial charge in [0.25, 0.3) is 11.8 Å². The lowest BCUT2D eigenvalue weighted by atomic mass is 9.98. The van der Waals surface area contributed by atoms with Crippen molar-refractivity contribution < 1.29 is 18.4 Å². The molecule has 11 heteroatoms. The highest BCUT2D eigenvalue weighted by Crippen LogP contribution is 2.32. The first-order valence-electron chi connectivity index (χ1n) is 12.4. The Bertz CT molecular complexity index is 1340. The number of hydrogen-bond acceptors (Lipinski definition) is 6. The van der Waals surface area contributed by atoms with Crippen molar-refractivity contribution in [2.24, 2.45) is 0 Å². The number of rotatable bonds is 6. The molecule has 5 heterocycles. The fourth-order valence-corrected chi connectivity index (χ4v) is 4.96. The number of nitrogens with one attached hydrogen (secondary N) is 2. The highest BCUT2D eigenvalue weighted by atomic mass is 19.3. The van der Waals surface area contributed by atoms with Crippen LogP contribution in [0.2, 0.25) is 0 Å². The lowest BCUT2D eigenvalue weighted by Crippen LogP contribution is -2.55. The number of amides is 2. The standard InChI is InChI=1S/C26H29F2N7O2/c1-16-5-6-22(32-23-12-18(8-10-29-23)20-14-31-35-11-3-4-21(20)35)33-24(16)25(37)34-15-26(27,28)9-7-19(34)13-30-17(2)36/h5-6,8,10,12,14,19H,3-4,7,9,11,13,15H2,1-2H3,(H,30,36)(H,29,32,33). The van der Waals surface area contributed by atoms with Gasteiger partial charge in [-0.15, -0.1) is 0 Å². The summed E-state index contributed by atoms with van der Waals surface area (Å²) < 4.78 is 30.6. The summed E-state index contributed by atoms with van der Waals surface area (Å²) in [7, 11) is 0. The van der Waals surface area contributed by atoms with Crippen LogP contribution in [-0.4, -0.2) is 61.5 Å². The maximum absolute atomic E-state index is 14.3. The molecule has 1 unspecified atom stereocenters. The maximum atomic E-state index is 14.3. The van der Waals surface area contributed by atoms with Crippen LogP contribution in [0.3, 0.4) is 0 Å². The van der Waals surface area contributed by atoms with Crippen molar-refractivity contribution in [3.05, 3.63) is 53.6 Å². The molecule has 0 aromatic carbocycles. The minimum atomic E-state index is -3.00. The van der Waals surface area contributed by atoms with Gasteiger partial charge < -0.3 is 15.5 Å². The first kappa shape index (κ1) is 24.8. The second kappa shape index (κ2) is 9.87. The van der Waals surface area contributed by atoms with Crippen molar-refractivity contribution in [1.29, 1.82) is 0 Å². The molecule has 1 saturated heterocycles. The monoisotopic (exact) mass is 509 g/mol. The third-order valence-corrected chi connectivity index (χ3v) is 6.89. The van der Waals surface area contributed by atoms with Crippen LogP contribution in [0.4, 0.5) is 20.4 Å². The molecular formula is C26H29F2N7O2. The van der Waals surface area contributed by atoms with E-state index in [0.717, 1.165) is 35.4 Å². The lowest BCUT2D eigenvalue weighted by molar-refractivity contribution is -0.119. The Kier molecular flexibility index (Phi) is 6.61. The molecule has 0 radical (unpaired) electrons. The van der Waals surface area contributed by atoms with E-state index in [9.17, 15) is 18.4 Å². The highest BCUT2D eigenvalue weighted by molar-refractivity contribution is 5.94. The number of nitrogens with zero attached hydrogens (tertiary/aromatic N) is 5. The number of carbonyl (C=O) groups is 2. The van der Waals surface area contributed by atoms with E-state index in [1.54, 1.807) is 25.3 Å². The summed E-state index contributed by atoms with van der Waals surface area (Å²) in [5.74, 6) is -2.95. The van der Waals surface area contributed by atoms with Crippen LogP contribution in [0.15, 0.2) is 36.7 Å². The van der Waals surface area contributed by atoms with Gasteiger partial charge >= 0.3 is 0 Å². The molecule has 0 saturated carbocycles. The van der Waals surface area contributed by atoms with Gasteiger partial charge in [-0.1, -0.05) is 6.07 Å². The molecule has 2 aliphatic heterocycles. The number of alkyl halides is 2. The summed E-state index contributed by atoms with van der Waals surface area (Å²) in [6, 6.07) is 6.72. The number of halogens is 2. The molecule has 5 rings (SSSR count). The van der Waals surface area contributed by atoms with Crippen molar-refractivity contribution in [3.8, 4) is 11.1 Å². The van der Waals surface area contributed by atoms with E-state index in [-0.39, 0.29) is 31.0 Å². The van der Waals surface area contributed by atoms with E-state index in [1.165, 1.54) is 12.6 Å². The summed E-state index contributed by atoms with van der Waals surface area (Å²) in [5.41, 5.74) is 3.89. The van der Waals surface area contributed by atoms with Crippen LogP contribution in [0.25, 0.3) is 11.1 Å². The summed E-state index contributed by atoms with van der Waals surface area (Å²) in [4.78, 5) is 34.8. The van der Waals surface area contributed by atoms with Crippen LogP contribution < -0.4 is 10.6 Å². The van der Waals surface area contributed by atoms with Gasteiger partial charge in [-0.05, 0) is 55.5 Å². The molecule has 2 aliphatic rings. The molecule has 1 fully saturated rings. The van der Waals surface area contributed by atoms with Gasteiger partial charge in [0.05, 0.1) is 12.7 Å². The van der Waals surface area contributed by atoms with Crippen molar-refractivity contribution >= 4 is 23.5 Å². The first-order chi connectivity index (χ1) is 17.7. The SMILES string of the molecule is CC(=O)NCC1CCC(F)(F)CN1C(=O)c1nc(Nc2cc(-c3cnn4c3CCC4)ccn2)ccc1C. The molecule has 3 aromatic rings. The number of carbonyl (C=O) groups excluding carboxylic acids is 2. The minimum absolute atomic E-state index is 0.0844. The average molecular weight is 510 g/mol. The normalized spacial score (nSPS) is 18.4. The number of anilines is 2. The molecule has 0 aliphatic carbocycles. The predicted octanol–water partition coefficient (Wildman–Crippen LogP) is 3.71. The zero-order valence-corrected chi connectivity index (χ0v) is 20.8. The second-order valence-electron chi connectivity index (χ2n) is 9.67. The van der Waals surface area contributed by atoms with Gasteiger partial charge in [0.1, 0.15) is 17.3 Å². The largest absolute Gasteiger partial charge is 0.354 e. The Morgan fingerprint density at radius 2 is 2.05 bits per heavy atom. The number of hydrogen-bond donors (Lipinski definition) is 2. The van der Waals surface area contributed by atoms with Gasteiger partial charge in [-0.25, -0.2) is 18.7 Å².